The molecule has 0 radical (unpaired) electrons. The number of nitrogens with two attached hydrogens (primary N) is 1. The van der Waals surface area contributed by atoms with Crippen LogP contribution in [0.1, 0.15) is 46.7 Å². The van der Waals surface area contributed by atoms with Gasteiger partial charge in [-0.2, -0.15) is 0 Å². The first-order valence-corrected chi connectivity index (χ1v) is 7.78. The number of amides is 2. The second-order valence-electron chi connectivity index (χ2n) is 5.83. The molecule has 1 aromatic rings. The quantitative estimate of drug-likeness (QED) is 0.665. The van der Waals surface area contributed by atoms with E-state index in [4.69, 9.17) is 5.73 Å². The minimum Gasteiger partial charge on any atom is -0.397 e. The van der Waals surface area contributed by atoms with Crippen LogP contribution in [0.15, 0.2) is 0 Å². The second-order valence-corrected chi connectivity index (χ2v) is 6.85. The minimum atomic E-state index is -0.284. The van der Waals surface area contributed by atoms with Crippen molar-refractivity contribution in [2.45, 2.75) is 32.2 Å². The molecule has 116 valence electrons. The minimum absolute atomic E-state index is 0.125. The maximum Gasteiger partial charge on any atom is 0.263 e. The molecule has 2 amide bonds. The van der Waals surface area contributed by atoms with Crippen LogP contribution < -0.4 is 21.7 Å². The van der Waals surface area contributed by atoms with Crippen LogP contribution in [0.5, 0.6) is 0 Å². The van der Waals surface area contributed by atoms with Crippen molar-refractivity contribution < 1.29 is 9.59 Å². The molecule has 0 spiro atoms. The highest BCUT2D eigenvalue weighted by Gasteiger charge is 2.39. The summed E-state index contributed by atoms with van der Waals surface area (Å²) < 4.78 is 0. The molecule has 6 nitrogen and oxygen atoms in total. The average molecular weight is 310 g/mol. The molecule has 7 heteroatoms. The zero-order valence-corrected chi connectivity index (χ0v) is 13.6. The fourth-order valence-electron chi connectivity index (χ4n) is 2.36. The normalized spacial score (nSPS) is 14.7. The zero-order valence-electron chi connectivity index (χ0n) is 12.8. The highest BCUT2D eigenvalue weighted by molar-refractivity contribution is 7.19. The fourth-order valence-corrected chi connectivity index (χ4v) is 3.59. The number of rotatable bonds is 5. The summed E-state index contributed by atoms with van der Waals surface area (Å²) in [7, 11) is 3.09. The maximum absolute atomic E-state index is 12.1. The summed E-state index contributed by atoms with van der Waals surface area (Å²) in [6.07, 6.45) is 2.36. The van der Waals surface area contributed by atoms with Gasteiger partial charge in [-0.1, -0.05) is 0 Å². The molecule has 0 aromatic carbocycles. The summed E-state index contributed by atoms with van der Waals surface area (Å²) in [4.78, 5) is 24.3. The van der Waals surface area contributed by atoms with Gasteiger partial charge < -0.3 is 21.7 Å². The largest absolute Gasteiger partial charge is 0.397 e. The lowest BCUT2D eigenvalue weighted by Gasteiger charge is -2.27. The van der Waals surface area contributed by atoms with E-state index in [9.17, 15) is 9.59 Å². The van der Waals surface area contributed by atoms with Crippen LogP contribution >= 0.6 is 11.3 Å². The number of carbonyl (C=O) groups is 2. The standard InChI is InChI=1S/C14H22N4O2S/c1-14(2,7-5-6-7)18-13-8(11(19)16-3)9(15)10(21-13)12(20)17-4/h7,18H,5-6,15H2,1-4H3,(H,16,19)(H,17,20). The number of hydrogen-bond donors (Lipinski definition) is 4. The summed E-state index contributed by atoms with van der Waals surface area (Å²) >= 11 is 1.23. The van der Waals surface area contributed by atoms with Gasteiger partial charge in [0.1, 0.15) is 9.88 Å². The highest BCUT2D eigenvalue weighted by Crippen LogP contribution is 2.44. The molecular formula is C14H22N4O2S. The lowest BCUT2D eigenvalue weighted by molar-refractivity contribution is 0.0963. The van der Waals surface area contributed by atoms with Crippen molar-refractivity contribution in [3.63, 3.8) is 0 Å². The molecule has 2 rings (SSSR count). The van der Waals surface area contributed by atoms with Gasteiger partial charge in [-0.15, -0.1) is 11.3 Å². The van der Waals surface area contributed by atoms with Crippen molar-refractivity contribution in [1.82, 2.24) is 10.6 Å². The molecule has 0 unspecified atom stereocenters. The van der Waals surface area contributed by atoms with Crippen LogP contribution in [-0.4, -0.2) is 31.4 Å². The molecule has 21 heavy (non-hydrogen) atoms. The molecule has 1 aliphatic rings. The van der Waals surface area contributed by atoms with E-state index < -0.39 is 0 Å². The van der Waals surface area contributed by atoms with E-state index in [1.165, 1.54) is 24.2 Å². The number of nitrogen functional groups attached to an aromatic ring is 1. The average Bonchev–Trinajstić information content (AvgIpc) is 3.24. The van der Waals surface area contributed by atoms with E-state index in [2.05, 4.69) is 29.8 Å². The Kier molecular flexibility index (Phi) is 4.13. The Balaban J connectivity index is 2.42. The Hall–Kier alpha value is -1.76. The van der Waals surface area contributed by atoms with Crippen LogP contribution in [0, 0.1) is 5.92 Å². The monoisotopic (exact) mass is 310 g/mol. The van der Waals surface area contributed by atoms with E-state index in [0.717, 1.165) is 0 Å². The molecule has 1 saturated carbocycles. The van der Waals surface area contributed by atoms with Crippen molar-refractivity contribution in [2.75, 3.05) is 25.1 Å². The summed E-state index contributed by atoms with van der Waals surface area (Å²) in [6.45, 7) is 4.21. The van der Waals surface area contributed by atoms with Crippen molar-refractivity contribution in [3.8, 4) is 0 Å². The van der Waals surface area contributed by atoms with Gasteiger partial charge in [0, 0.05) is 19.6 Å². The molecule has 0 aliphatic heterocycles. The van der Waals surface area contributed by atoms with Gasteiger partial charge in [-0.05, 0) is 32.6 Å². The van der Waals surface area contributed by atoms with Crippen molar-refractivity contribution in [1.29, 1.82) is 0 Å². The molecule has 1 fully saturated rings. The Morgan fingerprint density at radius 2 is 1.76 bits per heavy atom. The third-order valence-corrected chi connectivity index (χ3v) is 4.99. The van der Waals surface area contributed by atoms with Gasteiger partial charge in [0.15, 0.2) is 0 Å². The van der Waals surface area contributed by atoms with Crippen LogP contribution in [0.25, 0.3) is 0 Å². The number of anilines is 2. The Morgan fingerprint density at radius 1 is 1.19 bits per heavy atom. The first-order valence-electron chi connectivity index (χ1n) is 6.96. The lowest BCUT2D eigenvalue weighted by Crippen LogP contribution is -2.34. The van der Waals surface area contributed by atoms with E-state index in [1.54, 1.807) is 14.1 Å². The summed E-state index contributed by atoms with van der Waals surface area (Å²) in [5.41, 5.74) is 6.48. The third-order valence-electron chi connectivity index (χ3n) is 3.87. The molecule has 1 heterocycles. The fraction of sp³-hybridized carbons (Fsp3) is 0.571. The van der Waals surface area contributed by atoms with E-state index >= 15 is 0 Å². The molecule has 0 atom stereocenters. The van der Waals surface area contributed by atoms with Gasteiger partial charge in [0.2, 0.25) is 0 Å². The van der Waals surface area contributed by atoms with Crippen LogP contribution in [0.3, 0.4) is 0 Å². The first-order chi connectivity index (χ1) is 9.81. The Bertz CT molecular complexity index is 576. The van der Waals surface area contributed by atoms with Gasteiger partial charge in [0.25, 0.3) is 11.8 Å². The van der Waals surface area contributed by atoms with Crippen molar-refractivity contribution >= 4 is 33.8 Å². The summed E-state index contributed by atoms with van der Waals surface area (Å²) in [6, 6.07) is 0. The van der Waals surface area contributed by atoms with Gasteiger partial charge >= 0.3 is 0 Å². The van der Waals surface area contributed by atoms with Crippen LogP contribution in [0.2, 0.25) is 0 Å². The van der Waals surface area contributed by atoms with Gasteiger partial charge in [-0.25, -0.2) is 0 Å². The molecule has 1 aliphatic carbocycles. The molecule has 5 N–H and O–H groups in total. The Labute approximate surface area is 128 Å². The molecule has 1 aromatic heterocycles. The molecule has 0 saturated heterocycles. The number of nitrogens with one attached hydrogen (secondary N) is 3. The SMILES string of the molecule is CNC(=O)c1sc(NC(C)(C)C2CC2)c(C(=O)NC)c1N. The van der Waals surface area contributed by atoms with Gasteiger partial charge in [0.05, 0.1) is 11.3 Å². The number of thiophene rings is 1. The van der Waals surface area contributed by atoms with Gasteiger partial charge in [-0.3, -0.25) is 9.59 Å². The van der Waals surface area contributed by atoms with Crippen molar-refractivity contribution in [2.24, 2.45) is 5.92 Å². The Morgan fingerprint density at radius 3 is 2.24 bits per heavy atom. The van der Waals surface area contributed by atoms with E-state index in [1.807, 2.05) is 0 Å². The first kappa shape index (κ1) is 15.6. The predicted molar refractivity (Wildman–Crippen MR) is 85.9 cm³/mol. The van der Waals surface area contributed by atoms with Crippen LogP contribution in [0.4, 0.5) is 10.7 Å². The molecular weight excluding hydrogens is 288 g/mol. The molecule has 0 bridgehead atoms. The van der Waals surface area contributed by atoms with E-state index in [0.29, 0.717) is 21.4 Å². The van der Waals surface area contributed by atoms with Crippen molar-refractivity contribution in [3.05, 3.63) is 10.4 Å². The summed E-state index contributed by atoms with van der Waals surface area (Å²) in [5.74, 6) is 0.0229. The third kappa shape index (κ3) is 2.97. The number of carbonyl (C=O) groups excluding carboxylic acids is 2. The topological polar surface area (TPSA) is 96.2 Å². The summed E-state index contributed by atoms with van der Waals surface area (Å²) in [5, 5.41) is 9.19. The number of hydrogen-bond acceptors (Lipinski definition) is 5. The maximum atomic E-state index is 12.1. The zero-order chi connectivity index (χ0) is 15.8. The lowest BCUT2D eigenvalue weighted by atomic mass is 9.99. The van der Waals surface area contributed by atoms with Crippen LogP contribution in [-0.2, 0) is 0 Å². The van der Waals surface area contributed by atoms with E-state index in [-0.39, 0.29) is 23.0 Å². The second kappa shape index (κ2) is 5.55. The highest BCUT2D eigenvalue weighted by atomic mass is 32.1. The smallest absolute Gasteiger partial charge is 0.263 e. The predicted octanol–water partition coefficient (Wildman–Crippen LogP) is 1.65.